The van der Waals surface area contributed by atoms with Crippen molar-refractivity contribution < 1.29 is 4.42 Å². The fraction of sp³-hybridized carbons (Fsp3) is 0.579. The van der Waals surface area contributed by atoms with Crippen molar-refractivity contribution in [3.05, 3.63) is 47.9 Å². The minimum atomic E-state index is 0.562. The molecular weight excluding hydrogens is 300 g/mol. The van der Waals surface area contributed by atoms with Crippen molar-refractivity contribution in [2.75, 3.05) is 20.1 Å². The third-order valence-electron chi connectivity index (χ3n) is 5.42. The molecule has 2 aliphatic rings. The van der Waals surface area contributed by atoms with Crippen molar-refractivity contribution in [1.82, 2.24) is 19.8 Å². The monoisotopic (exact) mass is 326 g/mol. The molecule has 4 rings (SSSR count). The van der Waals surface area contributed by atoms with E-state index in [1.54, 1.807) is 0 Å². The van der Waals surface area contributed by atoms with E-state index in [0.29, 0.717) is 12.0 Å². The van der Waals surface area contributed by atoms with E-state index in [4.69, 9.17) is 4.42 Å². The summed E-state index contributed by atoms with van der Waals surface area (Å²) in [4.78, 5) is 13.5. The van der Waals surface area contributed by atoms with Crippen LogP contribution >= 0.6 is 0 Å². The molecule has 0 aromatic carbocycles. The number of likely N-dealkylation sites (N-methyl/N-ethyl adjacent to an activating group) is 1. The lowest BCUT2D eigenvalue weighted by atomic mass is 10.2. The number of hydrogen-bond acceptors (Lipinski definition) is 5. The maximum absolute atomic E-state index is 6.06. The summed E-state index contributed by atoms with van der Waals surface area (Å²) < 4.78 is 6.06. The maximum atomic E-state index is 6.06. The summed E-state index contributed by atoms with van der Waals surface area (Å²) in [6, 6.07) is 6.76. The molecule has 2 aromatic heterocycles. The molecule has 1 aliphatic heterocycles. The Morgan fingerprint density at radius 3 is 2.83 bits per heavy atom. The first kappa shape index (κ1) is 15.8. The van der Waals surface area contributed by atoms with Crippen LogP contribution in [0.5, 0.6) is 0 Å². The lowest BCUT2D eigenvalue weighted by Crippen LogP contribution is -2.34. The predicted molar refractivity (Wildman–Crippen MR) is 92.4 cm³/mol. The minimum absolute atomic E-state index is 0.562. The second-order valence-corrected chi connectivity index (χ2v) is 7.38. The molecule has 1 saturated carbocycles. The van der Waals surface area contributed by atoms with Gasteiger partial charge >= 0.3 is 0 Å². The normalized spacial score (nSPS) is 27.0. The van der Waals surface area contributed by atoms with Crippen molar-refractivity contribution >= 4 is 0 Å². The second-order valence-electron chi connectivity index (χ2n) is 7.38. The molecule has 1 saturated heterocycles. The van der Waals surface area contributed by atoms with Gasteiger partial charge in [0.05, 0.1) is 13.1 Å². The van der Waals surface area contributed by atoms with Gasteiger partial charge in [0.2, 0.25) is 0 Å². The Kier molecular flexibility index (Phi) is 4.37. The van der Waals surface area contributed by atoms with Crippen molar-refractivity contribution in [3.63, 3.8) is 0 Å². The van der Waals surface area contributed by atoms with E-state index < -0.39 is 0 Å². The molecule has 2 fully saturated rings. The summed E-state index contributed by atoms with van der Waals surface area (Å²) in [6.45, 7) is 6.24. The van der Waals surface area contributed by atoms with E-state index in [1.807, 2.05) is 18.5 Å². The summed E-state index contributed by atoms with van der Waals surface area (Å²) in [5, 5.41) is 0. The fourth-order valence-corrected chi connectivity index (χ4v) is 3.70. The van der Waals surface area contributed by atoms with Gasteiger partial charge < -0.3 is 4.42 Å². The molecule has 24 heavy (non-hydrogen) atoms. The molecule has 5 nitrogen and oxygen atoms in total. The Hall–Kier alpha value is -1.72. The molecule has 128 valence electrons. The summed E-state index contributed by atoms with van der Waals surface area (Å²) >= 11 is 0. The van der Waals surface area contributed by atoms with Crippen molar-refractivity contribution in [3.8, 4) is 0 Å². The Labute approximate surface area is 143 Å². The highest BCUT2D eigenvalue weighted by Gasteiger charge is 2.36. The molecule has 1 aliphatic carbocycles. The molecule has 3 heterocycles. The van der Waals surface area contributed by atoms with E-state index in [9.17, 15) is 0 Å². The summed E-state index contributed by atoms with van der Waals surface area (Å²) in [5.41, 5.74) is 0. The van der Waals surface area contributed by atoms with Crippen LogP contribution < -0.4 is 0 Å². The summed E-state index contributed by atoms with van der Waals surface area (Å²) in [7, 11) is 2.17. The average molecular weight is 326 g/mol. The van der Waals surface area contributed by atoms with E-state index in [-0.39, 0.29) is 0 Å². The van der Waals surface area contributed by atoms with Crippen molar-refractivity contribution in [2.24, 2.45) is 5.92 Å². The first-order valence-electron chi connectivity index (χ1n) is 8.96. The van der Waals surface area contributed by atoms with Crippen LogP contribution in [0.2, 0.25) is 0 Å². The van der Waals surface area contributed by atoms with Crippen LogP contribution in [0.3, 0.4) is 0 Å². The molecule has 5 heteroatoms. The number of aromatic nitrogens is 2. The highest BCUT2D eigenvalue weighted by molar-refractivity contribution is 5.17. The Morgan fingerprint density at radius 1 is 1.29 bits per heavy atom. The lowest BCUT2D eigenvalue weighted by Gasteiger charge is -2.23. The molecule has 0 radical (unpaired) electrons. The zero-order valence-corrected chi connectivity index (χ0v) is 14.6. The van der Waals surface area contributed by atoms with E-state index in [0.717, 1.165) is 43.7 Å². The topological polar surface area (TPSA) is 45.4 Å². The minimum Gasteiger partial charge on any atom is -0.464 e. The molecule has 0 spiro atoms. The van der Waals surface area contributed by atoms with Crippen LogP contribution in [0.1, 0.15) is 43.0 Å². The number of likely N-dealkylation sites (tertiary alicyclic amines) is 1. The summed E-state index contributed by atoms with van der Waals surface area (Å²) in [6.07, 6.45) is 6.10. The highest BCUT2D eigenvalue weighted by Crippen LogP contribution is 2.47. The van der Waals surface area contributed by atoms with Gasteiger partial charge in [-0.15, -0.1) is 0 Å². The van der Waals surface area contributed by atoms with Crippen LogP contribution in [0, 0.1) is 5.92 Å². The van der Waals surface area contributed by atoms with Gasteiger partial charge in [-0.1, -0.05) is 6.92 Å². The zero-order valence-electron chi connectivity index (χ0n) is 14.6. The van der Waals surface area contributed by atoms with Crippen LogP contribution in [-0.4, -0.2) is 45.9 Å². The number of hydrogen-bond donors (Lipinski definition) is 0. The second kappa shape index (κ2) is 6.65. The Balaban J connectivity index is 1.29. The van der Waals surface area contributed by atoms with E-state index >= 15 is 0 Å². The number of nitrogens with zero attached hydrogens (tertiary/aromatic N) is 4. The van der Waals surface area contributed by atoms with E-state index in [1.165, 1.54) is 18.6 Å². The maximum Gasteiger partial charge on any atom is 0.142 e. The van der Waals surface area contributed by atoms with Gasteiger partial charge in [0, 0.05) is 37.4 Å². The van der Waals surface area contributed by atoms with Crippen LogP contribution in [-0.2, 0) is 13.1 Å². The molecule has 0 amide bonds. The SMILES string of the molecule is C[C@@H]1C[C@H]1c1ccc(CN2CC[C@@H](N(C)Cc3ncccn3)C2)o1. The van der Waals surface area contributed by atoms with Gasteiger partial charge in [0.25, 0.3) is 0 Å². The quantitative estimate of drug-likeness (QED) is 0.817. The molecule has 0 N–H and O–H groups in total. The van der Waals surface area contributed by atoms with E-state index in [2.05, 4.69) is 45.9 Å². The van der Waals surface area contributed by atoms with Gasteiger partial charge in [-0.25, -0.2) is 9.97 Å². The van der Waals surface area contributed by atoms with Gasteiger partial charge in [0.1, 0.15) is 17.3 Å². The first-order valence-corrected chi connectivity index (χ1v) is 8.96. The van der Waals surface area contributed by atoms with Crippen LogP contribution in [0.25, 0.3) is 0 Å². The molecular formula is C19H26N4O. The molecule has 2 aromatic rings. The van der Waals surface area contributed by atoms with Gasteiger partial charge in [-0.3, -0.25) is 9.80 Å². The zero-order chi connectivity index (χ0) is 16.5. The lowest BCUT2D eigenvalue weighted by molar-refractivity contribution is 0.213. The number of rotatable bonds is 6. The molecule has 0 bridgehead atoms. The predicted octanol–water partition coefficient (Wildman–Crippen LogP) is 2.90. The van der Waals surface area contributed by atoms with Crippen LogP contribution in [0.4, 0.5) is 0 Å². The van der Waals surface area contributed by atoms with Crippen LogP contribution in [0.15, 0.2) is 35.0 Å². The first-order chi connectivity index (χ1) is 11.7. The van der Waals surface area contributed by atoms with Gasteiger partial charge in [-0.05, 0) is 44.0 Å². The third-order valence-corrected chi connectivity index (χ3v) is 5.42. The van der Waals surface area contributed by atoms with Gasteiger partial charge in [-0.2, -0.15) is 0 Å². The largest absolute Gasteiger partial charge is 0.464 e. The smallest absolute Gasteiger partial charge is 0.142 e. The van der Waals surface area contributed by atoms with Gasteiger partial charge in [0.15, 0.2) is 0 Å². The Morgan fingerprint density at radius 2 is 2.08 bits per heavy atom. The molecule has 3 atom stereocenters. The van der Waals surface area contributed by atoms with Crippen molar-refractivity contribution in [2.45, 2.75) is 44.8 Å². The fourth-order valence-electron chi connectivity index (χ4n) is 3.70. The Bertz CT molecular complexity index is 671. The number of furan rings is 1. The third kappa shape index (κ3) is 3.52. The molecule has 0 unspecified atom stereocenters. The average Bonchev–Trinajstić information content (AvgIpc) is 3.00. The van der Waals surface area contributed by atoms with Crippen molar-refractivity contribution in [1.29, 1.82) is 0 Å². The highest BCUT2D eigenvalue weighted by atomic mass is 16.3. The summed E-state index contributed by atoms with van der Waals surface area (Å²) in [5.74, 6) is 4.66. The standard InChI is InChI=1S/C19H26N4O/c1-14-10-17(14)18-5-4-16(24-18)12-23-9-6-15(11-23)22(2)13-19-20-7-3-8-21-19/h3-5,7-8,14-15,17H,6,9-13H2,1-2H3/t14-,15-,17-/m1/s1.